The summed E-state index contributed by atoms with van der Waals surface area (Å²) >= 11 is 0. The van der Waals surface area contributed by atoms with E-state index in [0.29, 0.717) is 13.0 Å². The second-order valence-electron chi connectivity index (χ2n) is 4.64. The second kappa shape index (κ2) is 9.60. The molecule has 0 aliphatic heterocycles. The molecule has 0 aliphatic rings. The van der Waals surface area contributed by atoms with Crippen LogP contribution in [0.2, 0.25) is 0 Å². The summed E-state index contributed by atoms with van der Waals surface area (Å²) < 4.78 is 1.92. The van der Waals surface area contributed by atoms with Crippen molar-refractivity contribution in [2.24, 2.45) is 0 Å². The minimum atomic E-state index is 0. The molecule has 2 heterocycles. The van der Waals surface area contributed by atoms with Gasteiger partial charge in [0.1, 0.15) is 5.65 Å². The zero-order valence-corrected chi connectivity index (χ0v) is 13.8. The van der Waals surface area contributed by atoms with E-state index in [2.05, 4.69) is 29.5 Å². The van der Waals surface area contributed by atoms with Crippen LogP contribution >= 0.6 is 24.8 Å². The number of nitrogens with one attached hydrogen (secondary N) is 2. The van der Waals surface area contributed by atoms with Crippen molar-refractivity contribution in [1.82, 2.24) is 20.0 Å². The number of likely N-dealkylation sites (N-methyl/N-ethyl adjacent to an activating group) is 1. The minimum Gasteiger partial charge on any atom is -0.354 e. The molecule has 0 unspecified atom stereocenters. The first-order valence-corrected chi connectivity index (χ1v) is 6.61. The largest absolute Gasteiger partial charge is 0.354 e. The number of halogens is 2. The number of amides is 1. The molecule has 0 aromatic carbocycles. The third kappa shape index (κ3) is 5.91. The Hall–Kier alpha value is -1.30. The van der Waals surface area contributed by atoms with Gasteiger partial charge in [-0.05, 0) is 25.6 Å². The molecule has 5 nitrogen and oxygen atoms in total. The maximum Gasteiger partial charge on any atom is 0.226 e. The summed E-state index contributed by atoms with van der Waals surface area (Å²) in [5.74, 6) is 0.00755. The molecule has 2 N–H and O–H groups in total. The van der Waals surface area contributed by atoms with Crippen LogP contribution in [0.15, 0.2) is 30.6 Å². The zero-order valence-electron chi connectivity index (χ0n) is 12.2. The van der Waals surface area contributed by atoms with Crippen molar-refractivity contribution in [2.75, 3.05) is 13.1 Å². The van der Waals surface area contributed by atoms with E-state index in [1.165, 1.54) is 0 Å². The number of fused-ring (bicyclic) bond motifs is 1. The van der Waals surface area contributed by atoms with Crippen molar-refractivity contribution < 1.29 is 4.79 Å². The number of rotatable bonds is 6. The molecule has 0 radical (unpaired) electrons. The summed E-state index contributed by atoms with van der Waals surface area (Å²) in [5.41, 5.74) is 1.66. The van der Waals surface area contributed by atoms with Crippen molar-refractivity contribution >= 4 is 36.4 Å². The lowest BCUT2D eigenvalue weighted by molar-refractivity contribution is -0.120. The van der Waals surface area contributed by atoms with Gasteiger partial charge in [-0.15, -0.1) is 24.8 Å². The van der Waals surface area contributed by atoms with E-state index in [1.54, 1.807) is 0 Å². The van der Waals surface area contributed by atoms with E-state index in [-0.39, 0.29) is 36.8 Å². The summed E-state index contributed by atoms with van der Waals surface area (Å²) in [4.78, 5) is 16.2. The van der Waals surface area contributed by atoms with Crippen LogP contribution in [0.1, 0.15) is 19.5 Å². The fourth-order valence-electron chi connectivity index (χ4n) is 1.99. The van der Waals surface area contributed by atoms with Gasteiger partial charge in [0.2, 0.25) is 5.91 Å². The number of nitrogens with zero attached hydrogens (tertiary/aromatic N) is 2. The first-order valence-electron chi connectivity index (χ1n) is 6.61. The molecule has 118 valence electrons. The first-order chi connectivity index (χ1) is 9.19. The quantitative estimate of drug-likeness (QED) is 0.848. The summed E-state index contributed by atoms with van der Waals surface area (Å²) in [5, 5.41) is 6.16. The number of hydrogen-bond acceptors (Lipinski definition) is 3. The average Bonchev–Trinajstić information content (AvgIpc) is 2.78. The molecular formula is C14H22Cl2N4O. The van der Waals surface area contributed by atoms with Gasteiger partial charge in [-0.25, -0.2) is 4.98 Å². The predicted molar refractivity (Wildman–Crippen MR) is 89.5 cm³/mol. The lowest BCUT2D eigenvalue weighted by Crippen LogP contribution is -2.39. The van der Waals surface area contributed by atoms with Gasteiger partial charge >= 0.3 is 0 Å². The van der Waals surface area contributed by atoms with Crippen molar-refractivity contribution in [3.8, 4) is 0 Å². The van der Waals surface area contributed by atoms with Gasteiger partial charge in [-0.1, -0.05) is 13.0 Å². The SMILES string of the molecule is CCN[C@H](C)CNC(=O)Cc1cn2ccccc2n1.Cl.Cl. The summed E-state index contributed by atoms with van der Waals surface area (Å²) in [7, 11) is 0. The number of aromatic nitrogens is 2. The smallest absolute Gasteiger partial charge is 0.226 e. The fourth-order valence-corrected chi connectivity index (χ4v) is 1.99. The normalized spacial score (nSPS) is 11.3. The van der Waals surface area contributed by atoms with Gasteiger partial charge in [0.15, 0.2) is 0 Å². The van der Waals surface area contributed by atoms with E-state index < -0.39 is 0 Å². The summed E-state index contributed by atoms with van der Waals surface area (Å²) in [6.45, 7) is 5.65. The molecule has 0 fully saturated rings. The maximum atomic E-state index is 11.8. The average molecular weight is 333 g/mol. The minimum absolute atomic E-state index is 0. The molecule has 0 aliphatic carbocycles. The highest BCUT2D eigenvalue weighted by Crippen LogP contribution is 2.04. The molecule has 2 aromatic rings. The molecule has 1 amide bonds. The molecule has 2 aromatic heterocycles. The van der Waals surface area contributed by atoms with Crippen molar-refractivity contribution in [2.45, 2.75) is 26.3 Å². The highest BCUT2D eigenvalue weighted by Gasteiger charge is 2.08. The molecule has 0 spiro atoms. The maximum absolute atomic E-state index is 11.8. The summed E-state index contributed by atoms with van der Waals surface area (Å²) in [6, 6.07) is 6.09. The van der Waals surface area contributed by atoms with Gasteiger partial charge in [0.05, 0.1) is 12.1 Å². The number of pyridine rings is 1. The van der Waals surface area contributed by atoms with Gasteiger partial charge in [0, 0.05) is 25.0 Å². The Morgan fingerprint density at radius 2 is 2.14 bits per heavy atom. The molecule has 0 bridgehead atoms. The predicted octanol–water partition coefficient (Wildman–Crippen LogP) is 1.83. The molecule has 1 atom stereocenters. The molecular weight excluding hydrogens is 311 g/mol. The molecule has 2 rings (SSSR count). The Balaban J connectivity index is 0.00000200. The Bertz CT molecular complexity index is 526. The van der Waals surface area contributed by atoms with E-state index in [0.717, 1.165) is 17.9 Å². The molecule has 21 heavy (non-hydrogen) atoms. The number of carbonyl (C=O) groups is 1. The second-order valence-corrected chi connectivity index (χ2v) is 4.64. The van der Waals surface area contributed by atoms with E-state index in [4.69, 9.17) is 0 Å². The van der Waals surface area contributed by atoms with Crippen LogP contribution in [0.25, 0.3) is 5.65 Å². The van der Waals surface area contributed by atoms with E-state index >= 15 is 0 Å². The topological polar surface area (TPSA) is 58.4 Å². The molecule has 0 saturated carbocycles. The Kier molecular flexibility index (Phi) is 9.01. The zero-order chi connectivity index (χ0) is 13.7. The highest BCUT2D eigenvalue weighted by atomic mass is 35.5. The van der Waals surface area contributed by atoms with Crippen LogP contribution in [-0.2, 0) is 11.2 Å². The lowest BCUT2D eigenvalue weighted by atomic mass is 10.3. The van der Waals surface area contributed by atoms with E-state index in [1.807, 2.05) is 35.0 Å². The first kappa shape index (κ1) is 19.7. The Morgan fingerprint density at radius 1 is 1.38 bits per heavy atom. The standard InChI is InChI=1S/C14H20N4O.2ClH/c1-3-15-11(2)9-16-14(19)8-12-10-18-7-5-4-6-13(18)17-12;;/h4-7,10-11,15H,3,8-9H2,1-2H3,(H,16,19);2*1H/t11-;;/m1../s1. The Morgan fingerprint density at radius 3 is 2.81 bits per heavy atom. The number of carbonyl (C=O) groups excluding carboxylic acids is 1. The highest BCUT2D eigenvalue weighted by molar-refractivity contribution is 5.85. The fraction of sp³-hybridized carbons (Fsp3) is 0.429. The molecule has 0 saturated heterocycles. The van der Waals surface area contributed by atoms with Crippen molar-refractivity contribution in [1.29, 1.82) is 0 Å². The van der Waals surface area contributed by atoms with Crippen LogP contribution in [0.3, 0.4) is 0 Å². The Labute approximate surface area is 137 Å². The van der Waals surface area contributed by atoms with Crippen LogP contribution in [-0.4, -0.2) is 34.4 Å². The van der Waals surface area contributed by atoms with Crippen LogP contribution in [0.5, 0.6) is 0 Å². The van der Waals surface area contributed by atoms with Gasteiger partial charge in [-0.2, -0.15) is 0 Å². The van der Waals surface area contributed by atoms with Crippen molar-refractivity contribution in [3.63, 3.8) is 0 Å². The van der Waals surface area contributed by atoms with Crippen LogP contribution < -0.4 is 10.6 Å². The third-order valence-corrected chi connectivity index (χ3v) is 2.91. The number of imidazole rings is 1. The lowest BCUT2D eigenvalue weighted by Gasteiger charge is -2.12. The van der Waals surface area contributed by atoms with Crippen LogP contribution in [0.4, 0.5) is 0 Å². The van der Waals surface area contributed by atoms with Gasteiger partial charge in [0.25, 0.3) is 0 Å². The molecule has 7 heteroatoms. The van der Waals surface area contributed by atoms with Crippen molar-refractivity contribution in [3.05, 3.63) is 36.3 Å². The number of hydrogen-bond donors (Lipinski definition) is 2. The van der Waals surface area contributed by atoms with Gasteiger partial charge < -0.3 is 15.0 Å². The van der Waals surface area contributed by atoms with Crippen LogP contribution in [0, 0.1) is 0 Å². The van der Waals surface area contributed by atoms with E-state index in [9.17, 15) is 4.79 Å². The third-order valence-electron chi connectivity index (χ3n) is 2.91. The monoisotopic (exact) mass is 332 g/mol. The van der Waals surface area contributed by atoms with Gasteiger partial charge in [-0.3, -0.25) is 4.79 Å². The summed E-state index contributed by atoms with van der Waals surface area (Å²) in [6.07, 6.45) is 4.14.